The summed E-state index contributed by atoms with van der Waals surface area (Å²) in [5.41, 5.74) is 8.42. The number of benzene rings is 1. The Kier molecular flexibility index (Phi) is 4.98. The molecule has 0 spiro atoms. The molecule has 1 aromatic carbocycles. The number of rotatable bonds is 4. The number of carbonyl (C=O) groups excluding carboxylic acids is 1. The molecule has 26 heavy (non-hydrogen) atoms. The second-order valence-electron chi connectivity index (χ2n) is 7.13. The van der Waals surface area contributed by atoms with Crippen molar-refractivity contribution in [1.29, 1.82) is 0 Å². The Morgan fingerprint density at radius 1 is 1.42 bits per heavy atom. The first-order valence-corrected chi connectivity index (χ1v) is 9.45. The number of amides is 1. The van der Waals surface area contributed by atoms with E-state index < -0.39 is 0 Å². The number of nitrogens with one attached hydrogen (secondary N) is 2. The van der Waals surface area contributed by atoms with Crippen molar-refractivity contribution < 1.29 is 9.32 Å². The van der Waals surface area contributed by atoms with Crippen molar-refractivity contribution in [3.05, 3.63) is 52.4 Å². The number of carbonyl (C=O) groups is 1. The van der Waals surface area contributed by atoms with Crippen LogP contribution in [-0.2, 0) is 11.2 Å². The Morgan fingerprint density at radius 2 is 2.31 bits per heavy atom. The molecule has 4 rings (SSSR count). The maximum absolute atomic E-state index is 12.9. The van der Waals surface area contributed by atoms with E-state index in [2.05, 4.69) is 16.0 Å². The molecule has 0 radical (unpaired) electrons. The van der Waals surface area contributed by atoms with Crippen molar-refractivity contribution in [2.75, 3.05) is 13.1 Å². The van der Waals surface area contributed by atoms with E-state index >= 15 is 0 Å². The van der Waals surface area contributed by atoms with Crippen LogP contribution in [0.3, 0.4) is 0 Å². The summed E-state index contributed by atoms with van der Waals surface area (Å²) in [5.74, 6) is 1.19. The van der Waals surface area contributed by atoms with Gasteiger partial charge in [0.1, 0.15) is 5.76 Å². The zero-order chi connectivity index (χ0) is 18.1. The molecule has 1 aromatic heterocycles. The highest BCUT2D eigenvalue weighted by Crippen LogP contribution is 2.32. The van der Waals surface area contributed by atoms with Crippen LogP contribution in [0.1, 0.15) is 35.8 Å². The van der Waals surface area contributed by atoms with Gasteiger partial charge in [0.15, 0.2) is 0 Å². The standard InChI is InChI=1S/C19H23ClN4O2/c1-12-8-17(26-23-12)15-11-21-22-19(15)16-6-3-7-24(16)18(25)10-13-4-2-5-14(20)9-13/h2,4-5,8-9,15-16,19,21-22H,3,6-7,10-11H2,1H3. The van der Waals surface area contributed by atoms with Crippen LogP contribution in [0.15, 0.2) is 34.9 Å². The summed E-state index contributed by atoms with van der Waals surface area (Å²) in [6, 6.07) is 9.77. The summed E-state index contributed by atoms with van der Waals surface area (Å²) in [6.07, 6.45) is 2.39. The molecule has 2 aliphatic heterocycles. The largest absolute Gasteiger partial charge is 0.361 e. The first-order chi connectivity index (χ1) is 12.6. The lowest BCUT2D eigenvalue weighted by Gasteiger charge is -2.31. The van der Waals surface area contributed by atoms with Gasteiger partial charge in [0.05, 0.1) is 24.1 Å². The summed E-state index contributed by atoms with van der Waals surface area (Å²) < 4.78 is 5.49. The molecule has 2 N–H and O–H groups in total. The molecule has 3 heterocycles. The predicted octanol–water partition coefficient (Wildman–Crippen LogP) is 2.43. The molecule has 0 aliphatic carbocycles. The predicted molar refractivity (Wildman–Crippen MR) is 98.8 cm³/mol. The lowest BCUT2D eigenvalue weighted by molar-refractivity contribution is -0.131. The molecule has 2 aliphatic rings. The van der Waals surface area contributed by atoms with Gasteiger partial charge in [-0.1, -0.05) is 28.9 Å². The van der Waals surface area contributed by atoms with E-state index in [0.29, 0.717) is 11.4 Å². The van der Waals surface area contributed by atoms with Crippen molar-refractivity contribution in [2.24, 2.45) is 0 Å². The fraction of sp³-hybridized carbons (Fsp3) is 0.474. The molecular weight excluding hydrogens is 352 g/mol. The number of halogens is 1. The third-order valence-electron chi connectivity index (χ3n) is 5.31. The third kappa shape index (κ3) is 3.49. The van der Waals surface area contributed by atoms with E-state index in [1.54, 1.807) is 0 Å². The van der Waals surface area contributed by atoms with Crippen molar-refractivity contribution in [3.8, 4) is 0 Å². The third-order valence-corrected chi connectivity index (χ3v) is 5.55. The summed E-state index contributed by atoms with van der Waals surface area (Å²) in [6.45, 7) is 3.49. The fourth-order valence-electron chi connectivity index (χ4n) is 4.11. The van der Waals surface area contributed by atoms with Crippen LogP contribution in [0.4, 0.5) is 0 Å². The van der Waals surface area contributed by atoms with Crippen molar-refractivity contribution in [1.82, 2.24) is 20.9 Å². The van der Waals surface area contributed by atoms with E-state index in [-0.39, 0.29) is 23.9 Å². The van der Waals surface area contributed by atoms with Gasteiger partial charge in [0.25, 0.3) is 0 Å². The van der Waals surface area contributed by atoms with Crippen LogP contribution in [0, 0.1) is 6.92 Å². The van der Waals surface area contributed by atoms with E-state index in [4.69, 9.17) is 16.1 Å². The molecule has 7 heteroatoms. The second kappa shape index (κ2) is 7.39. The summed E-state index contributed by atoms with van der Waals surface area (Å²) in [7, 11) is 0. The molecule has 2 aromatic rings. The Morgan fingerprint density at radius 3 is 3.08 bits per heavy atom. The molecule has 0 bridgehead atoms. The maximum atomic E-state index is 12.9. The molecule has 0 saturated carbocycles. The second-order valence-corrected chi connectivity index (χ2v) is 7.57. The summed E-state index contributed by atoms with van der Waals surface area (Å²) in [4.78, 5) is 15.0. The van der Waals surface area contributed by atoms with Gasteiger partial charge in [-0.25, -0.2) is 0 Å². The first-order valence-electron chi connectivity index (χ1n) is 9.07. The highest BCUT2D eigenvalue weighted by molar-refractivity contribution is 6.30. The van der Waals surface area contributed by atoms with Crippen LogP contribution in [0.2, 0.25) is 5.02 Å². The normalized spacial score (nSPS) is 25.8. The van der Waals surface area contributed by atoms with Crippen molar-refractivity contribution in [2.45, 2.75) is 44.2 Å². The number of hydrogen-bond acceptors (Lipinski definition) is 5. The lowest BCUT2D eigenvalue weighted by atomic mass is 9.91. The quantitative estimate of drug-likeness (QED) is 0.860. The van der Waals surface area contributed by atoms with Crippen molar-refractivity contribution in [3.63, 3.8) is 0 Å². The molecule has 3 atom stereocenters. The highest BCUT2D eigenvalue weighted by Gasteiger charge is 2.42. The highest BCUT2D eigenvalue weighted by atomic mass is 35.5. The number of aryl methyl sites for hydroxylation is 1. The van der Waals surface area contributed by atoms with Gasteiger partial charge in [-0.15, -0.1) is 0 Å². The molecule has 6 nitrogen and oxygen atoms in total. The summed E-state index contributed by atoms with van der Waals surface area (Å²) >= 11 is 6.05. The van der Waals surface area contributed by atoms with Crippen molar-refractivity contribution >= 4 is 17.5 Å². The molecule has 3 unspecified atom stereocenters. The number of nitrogens with zero attached hydrogens (tertiary/aromatic N) is 2. The van der Waals surface area contributed by atoms with Crippen LogP contribution in [0.25, 0.3) is 0 Å². The average Bonchev–Trinajstić information content (AvgIpc) is 3.34. The van der Waals surface area contributed by atoms with Gasteiger partial charge in [-0.2, -0.15) is 0 Å². The van der Waals surface area contributed by atoms with E-state index in [0.717, 1.165) is 42.9 Å². The minimum absolute atomic E-state index is 0.119. The molecular formula is C19H23ClN4O2. The smallest absolute Gasteiger partial charge is 0.227 e. The van der Waals surface area contributed by atoms with E-state index in [1.807, 2.05) is 42.2 Å². The van der Waals surface area contributed by atoms with Crippen LogP contribution in [-0.4, -0.2) is 41.1 Å². The Hall–Kier alpha value is -1.89. The molecule has 138 valence electrons. The fourth-order valence-corrected chi connectivity index (χ4v) is 4.33. The topological polar surface area (TPSA) is 70.4 Å². The molecule has 1 amide bonds. The lowest BCUT2D eigenvalue weighted by Crippen LogP contribution is -2.50. The number of hydrogen-bond donors (Lipinski definition) is 2. The zero-order valence-electron chi connectivity index (χ0n) is 14.7. The molecule has 2 fully saturated rings. The van der Waals surface area contributed by atoms with Crippen LogP contribution < -0.4 is 10.9 Å². The number of aromatic nitrogens is 1. The SMILES string of the molecule is Cc1cc(C2CNNC2C2CCCN2C(=O)Cc2cccc(Cl)c2)on1. The van der Waals surface area contributed by atoms with Crippen LogP contribution >= 0.6 is 11.6 Å². The van der Waals surface area contributed by atoms with E-state index in [1.165, 1.54) is 0 Å². The Labute approximate surface area is 157 Å². The van der Waals surface area contributed by atoms with Gasteiger partial charge in [-0.05, 0) is 37.5 Å². The number of likely N-dealkylation sites (tertiary alicyclic amines) is 1. The van der Waals surface area contributed by atoms with E-state index in [9.17, 15) is 4.79 Å². The minimum Gasteiger partial charge on any atom is -0.361 e. The monoisotopic (exact) mass is 374 g/mol. The maximum Gasteiger partial charge on any atom is 0.227 e. The number of hydrazine groups is 1. The van der Waals surface area contributed by atoms with Gasteiger partial charge in [0.2, 0.25) is 5.91 Å². The summed E-state index contributed by atoms with van der Waals surface area (Å²) in [5, 5.41) is 4.68. The van der Waals surface area contributed by atoms with Gasteiger partial charge >= 0.3 is 0 Å². The molecule has 2 saturated heterocycles. The first kappa shape index (κ1) is 17.5. The van der Waals surface area contributed by atoms with Gasteiger partial charge < -0.3 is 9.42 Å². The average molecular weight is 375 g/mol. The van der Waals surface area contributed by atoms with Gasteiger partial charge in [-0.3, -0.25) is 15.6 Å². The Bertz CT molecular complexity index is 793. The Balaban J connectivity index is 1.49. The van der Waals surface area contributed by atoms with Crippen LogP contribution in [0.5, 0.6) is 0 Å². The zero-order valence-corrected chi connectivity index (χ0v) is 15.5. The van der Waals surface area contributed by atoms with Gasteiger partial charge in [0, 0.05) is 30.2 Å². The minimum atomic E-state index is 0.119.